The first-order chi connectivity index (χ1) is 6.69. The molecule has 0 heterocycles. The van der Waals surface area contributed by atoms with Gasteiger partial charge in [-0.15, -0.1) is 0 Å². The first kappa shape index (κ1) is 11.1. The molecule has 1 aromatic rings. The largest absolute Gasteiger partial charge is 0.324 e. The maximum atomic E-state index is 4.21. The molecule has 3 heteroatoms. The third-order valence-electron chi connectivity index (χ3n) is 2.08. The summed E-state index contributed by atoms with van der Waals surface area (Å²) in [7, 11) is 3.85. The zero-order chi connectivity index (χ0) is 10.6. The van der Waals surface area contributed by atoms with Gasteiger partial charge in [0.05, 0.1) is 0 Å². The Hall–Kier alpha value is -0.960. The van der Waals surface area contributed by atoms with Gasteiger partial charge in [0, 0.05) is 19.8 Å². The van der Waals surface area contributed by atoms with Crippen molar-refractivity contribution in [2.75, 3.05) is 25.3 Å². The summed E-state index contributed by atoms with van der Waals surface area (Å²) in [6.07, 6.45) is 2.03. The van der Waals surface area contributed by atoms with Crippen LogP contribution in [0.15, 0.2) is 29.3 Å². The van der Waals surface area contributed by atoms with Crippen LogP contribution in [0.4, 0.5) is 5.69 Å². The number of aryl methyl sites for hydroxylation is 1. The quantitative estimate of drug-likeness (QED) is 0.521. The summed E-state index contributed by atoms with van der Waals surface area (Å²) in [4.78, 5) is 6.30. The monoisotopic (exact) mass is 208 g/mol. The molecular formula is C11H16N2S. The molecule has 0 aliphatic carbocycles. The number of amidine groups is 1. The number of benzene rings is 1. The van der Waals surface area contributed by atoms with Crippen molar-refractivity contribution in [1.29, 1.82) is 0 Å². The summed E-state index contributed by atoms with van der Waals surface area (Å²) in [5.74, 6) is 0. The van der Waals surface area contributed by atoms with Crippen molar-refractivity contribution >= 4 is 22.6 Å². The predicted octanol–water partition coefficient (Wildman–Crippen LogP) is 2.78. The second-order valence-corrected chi connectivity index (χ2v) is 3.88. The normalized spacial score (nSPS) is 11.6. The van der Waals surface area contributed by atoms with Crippen molar-refractivity contribution in [3.63, 3.8) is 0 Å². The van der Waals surface area contributed by atoms with Gasteiger partial charge >= 0.3 is 0 Å². The average Bonchev–Trinajstić information content (AvgIpc) is 2.20. The lowest BCUT2D eigenvalue weighted by Crippen LogP contribution is -2.22. The summed E-state index contributed by atoms with van der Waals surface area (Å²) < 4.78 is 0. The van der Waals surface area contributed by atoms with Gasteiger partial charge in [-0.05, 0) is 25.3 Å². The fraction of sp³-hybridized carbons (Fsp3) is 0.364. The molecule has 0 bridgehead atoms. The van der Waals surface area contributed by atoms with Crippen molar-refractivity contribution in [3.8, 4) is 0 Å². The van der Waals surface area contributed by atoms with Crippen LogP contribution >= 0.6 is 11.8 Å². The molecule has 2 nitrogen and oxygen atoms in total. The van der Waals surface area contributed by atoms with Gasteiger partial charge < -0.3 is 4.90 Å². The van der Waals surface area contributed by atoms with Gasteiger partial charge in [0.15, 0.2) is 5.17 Å². The number of thioether (sulfide) groups is 1. The molecule has 0 fully saturated rings. The van der Waals surface area contributed by atoms with E-state index in [2.05, 4.69) is 41.1 Å². The Balaban J connectivity index is 2.89. The van der Waals surface area contributed by atoms with E-state index in [4.69, 9.17) is 0 Å². The number of anilines is 1. The molecule has 0 spiro atoms. The Morgan fingerprint density at radius 2 is 1.86 bits per heavy atom. The van der Waals surface area contributed by atoms with Gasteiger partial charge in [0.1, 0.15) is 0 Å². The Morgan fingerprint density at radius 3 is 2.29 bits per heavy atom. The molecule has 0 amide bonds. The van der Waals surface area contributed by atoms with Gasteiger partial charge in [0.25, 0.3) is 0 Å². The van der Waals surface area contributed by atoms with Crippen LogP contribution in [0, 0.1) is 6.92 Å². The van der Waals surface area contributed by atoms with Crippen LogP contribution in [-0.4, -0.2) is 25.5 Å². The third-order valence-corrected chi connectivity index (χ3v) is 2.90. The molecule has 0 aliphatic heterocycles. The molecule has 0 saturated carbocycles. The van der Waals surface area contributed by atoms with Crippen LogP contribution in [0.3, 0.4) is 0 Å². The number of nitrogens with zero attached hydrogens (tertiary/aromatic N) is 2. The van der Waals surface area contributed by atoms with E-state index < -0.39 is 0 Å². The minimum atomic E-state index is 1.02. The lowest BCUT2D eigenvalue weighted by atomic mass is 10.2. The molecule has 1 rings (SSSR count). The Morgan fingerprint density at radius 1 is 1.29 bits per heavy atom. The van der Waals surface area contributed by atoms with E-state index in [0.717, 1.165) is 5.17 Å². The lowest BCUT2D eigenvalue weighted by Gasteiger charge is -2.19. The van der Waals surface area contributed by atoms with Gasteiger partial charge in [-0.2, -0.15) is 0 Å². The van der Waals surface area contributed by atoms with Crippen LogP contribution in [0.1, 0.15) is 5.56 Å². The van der Waals surface area contributed by atoms with E-state index >= 15 is 0 Å². The highest BCUT2D eigenvalue weighted by Crippen LogP contribution is 2.16. The highest BCUT2D eigenvalue weighted by atomic mass is 32.2. The standard InChI is InChI=1S/C11H16N2S/c1-9-5-7-10(8-6-9)13(3)11(12-2)14-4/h5-8H,1-4H3. The zero-order valence-electron chi connectivity index (χ0n) is 9.11. The van der Waals surface area contributed by atoms with E-state index in [0.29, 0.717) is 0 Å². The summed E-state index contributed by atoms with van der Waals surface area (Å²) >= 11 is 1.65. The third kappa shape index (κ3) is 2.51. The summed E-state index contributed by atoms with van der Waals surface area (Å²) in [6.45, 7) is 2.09. The maximum Gasteiger partial charge on any atom is 0.162 e. The van der Waals surface area contributed by atoms with Gasteiger partial charge in [0.2, 0.25) is 0 Å². The maximum absolute atomic E-state index is 4.21. The van der Waals surface area contributed by atoms with Gasteiger partial charge in [-0.1, -0.05) is 29.5 Å². The van der Waals surface area contributed by atoms with Crippen molar-refractivity contribution in [2.24, 2.45) is 4.99 Å². The molecule has 14 heavy (non-hydrogen) atoms. The predicted molar refractivity (Wildman–Crippen MR) is 66.5 cm³/mol. The van der Waals surface area contributed by atoms with E-state index in [1.165, 1.54) is 11.3 Å². The molecule has 0 unspecified atom stereocenters. The SMILES string of the molecule is CN=C(SC)N(C)c1ccc(C)cc1. The molecule has 0 aliphatic rings. The van der Waals surface area contributed by atoms with E-state index in [-0.39, 0.29) is 0 Å². The summed E-state index contributed by atoms with van der Waals surface area (Å²) in [5.41, 5.74) is 2.45. The molecule has 1 aromatic carbocycles. The molecule has 76 valence electrons. The summed E-state index contributed by atoms with van der Waals surface area (Å²) in [6, 6.07) is 8.44. The Kier molecular flexibility index (Phi) is 4.01. The zero-order valence-corrected chi connectivity index (χ0v) is 9.93. The summed E-state index contributed by atoms with van der Waals surface area (Å²) in [5, 5.41) is 1.02. The number of rotatable bonds is 1. The molecule has 0 aromatic heterocycles. The van der Waals surface area contributed by atoms with Crippen LogP contribution in [-0.2, 0) is 0 Å². The van der Waals surface area contributed by atoms with E-state index in [9.17, 15) is 0 Å². The Bertz CT molecular complexity index is 317. The van der Waals surface area contributed by atoms with Gasteiger partial charge in [-0.25, -0.2) is 0 Å². The van der Waals surface area contributed by atoms with Crippen LogP contribution in [0.25, 0.3) is 0 Å². The highest BCUT2D eigenvalue weighted by Gasteiger charge is 2.05. The first-order valence-corrected chi connectivity index (χ1v) is 5.72. The van der Waals surface area contributed by atoms with Crippen LogP contribution in [0.2, 0.25) is 0 Å². The minimum Gasteiger partial charge on any atom is -0.324 e. The van der Waals surface area contributed by atoms with Crippen molar-refractivity contribution in [3.05, 3.63) is 29.8 Å². The fourth-order valence-corrected chi connectivity index (χ4v) is 1.82. The molecule has 0 saturated heterocycles. The van der Waals surface area contributed by atoms with Crippen molar-refractivity contribution in [1.82, 2.24) is 0 Å². The molecule has 0 atom stereocenters. The first-order valence-electron chi connectivity index (χ1n) is 4.50. The number of hydrogen-bond donors (Lipinski definition) is 0. The van der Waals surface area contributed by atoms with E-state index in [1.807, 2.05) is 20.4 Å². The Labute approximate surface area is 90.0 Å². The number of aliphatic imine (C=N–C) groups is 1. The van der Waals surface area contributed by atoms with E-state index in [1.54, 1.807) is 11.8 Å². The van der Waals surface area contributed by atoms with Crippen molar-refractivity contribution in [2.45, 2.75) is 6.92 Å². The molecule has 0 radical (unpaired) electrons. The molecule has 0 N–H and O–H groups in total. The highest BCUT2D eigenvalue weighted by molar-refractivity contribution is 8.13. The lowest BCUT2D eigenvalue weighted by molar-refractivity contribution is 1.25. The van der Waals surface area contributed by atoms with Crippen LogP contribution < -0.4 is 4.90 Å². The topological polar surface area (TPSA) is 15.6 Å². The second kappa shape index (κ2) is 5.05. The average molecular weight is 208 g/mol. The second-order valence-electron chi connectivity index (χ2n) is 3.10. The fourth-order valence-electron chi connectivity index (χ4n) is 1.26. The van der Waals surface area contributed by atoms with Crippen molar-refractivity contribution < 1.29 is 0 Å². The minimum absolute atomic E-state index is 1.02. The molecular weight excluding hydrogens is 192 g/mol. The number of hydrogen-bond acceptors (Lipinski definition) is 2. The van der Waals surface area contributed by atoms with Crippen LogP contribution in [0.5, 0.6) is 0 Å². The van der Waals surface area contributed by atoms with Gasteiger partial charge in [-0.3, -0.25) is 4.99 Å². The smallest absolute Gasteiger partial charge is 0.162 e.